The maximum Gasteiger partial charge on any atom is 0.414 e. The molecule has 1 aromatic carbocycles. The molecule has 8 rings (SSSR count). The summed E-state index contributed by atoms with van der Waals surface area (Å²) in [6.45, 7) is 12.7. The second-order valence-electron chi connectivity index (χ2n) is 19.7. The number of phenolic OH excluding ortho intramolecular Hbond substituents is 1. The number of aliphatic hydroxyl groups is 2. The number of ketones is 2. The lowest BCUT2D eigenvalue weighted by Gasteiger charge is -2.38. The molecule has 5 aliphatic heterocycles. The zero-order chi connectivity index (χ0) is 53.0. The van der Waals surface area contributed by atoms with Crippen molar-refractivity contribution in [3.8, 4) is 17.5 Å². The van der Waals surface area contributed by atoms with E-state index in [1.165, 1.54) is 64.0 Å². The number of piperidine rings is 1. The number of nitro groups is 1. The van der Waals surface area contributed by atoms with Gasteiger partial charge in [0.2, 0.25) is 11.7 Å². The largest absolute Gasteiger partial charge is 0.507 e. The number of nitrogens with zero attached hydrogens (tertiary/aromatic N) is 5. The predicted octanol–water partition coefficient (Wildman–Crippen LogP) is 3.07. The number of nitrogens with one attached hydrogen (secondary N) is 2. The molecule has 6 aliphatic rings. The van der Waals surface area contributed by atoms with Crippen molar-refractivity contribution in [2.75, 3.05) is 33.4 Å². The summed E-state index contributed by atoms with van der Waals surface area (Å²) in [5, 5.41) is 52.3. The number of aliphatic imine (C=N–C) groups is 1. The molecule has 0 radical (unpaired) electrons. The number of aromatic nitrogens is 2. The fraction of sp³-hybridized carbons (Fsp3) is 0.540. The second-order valence-corrected chi connectivity index (χ2v) is 19.7. The van der Waals surface area contributed by atoms with Gasteiger partial charge in [-0.05, 0) is 24.8 Å². The number of phenols is 1. The Hall–Kier alpha value is -6.95. The smallest absolute Gasteiger partial charge is 0.414 e. The van der Waals surface area contributed by atoms with Crippen LogP contribution in [0, 0.1) is 40.7 Å². The Morgan fingerprint density at radius 1 is 1.00 bits per heavy atom. The number of amides is 2. The molecule has 23 heteroatoms. The molecular weight excluding hydrogens is 955 g/mol. The predicted molar refractivity (Wildman–Crippen MR) is 256 cm³/mol. The third-order valence-electron chi connectivity index (χ3n) is 14.8. The first-order valence-corrected chi connectivity index (χ1v) is 24.1. The van der Waals surface area contributed by atoms with Crippen molar-refractivity contribution in [1.82, 2.24) is 25.1 Å². The molecule has 0 unspecified atom stereocenters. The number of rotatable bonds is 6. The second kappa shape index (κ2) is 20.2. The van der Waals surface area contributed by atoms with Crippen LogP contribution in [-0.2, 0) is 39.9 Å². The van der Waals surface area contributed by atoms with Gasteiger partial charge in [0.25, 0.3) is 11.7 Å². The van der Waals surface area contributed by atoms with E-state index in [1.54, 1.807) is 44.7 Å². The summed E-state index contributed by atoms with van der Waals surface area (Å²) in [5.41, 5.74) is -1.50. The third kappa shape index (κ3) is 9.73. The molecule has 1 aromatic heterocycles. The Morgan fingerprint density at radius 3 is 2.38 bits per heavy atom. The highest BCUT2D eigenvalue weighted by molar-refractivity contribution is 6.34. The maximum atomic E-state index is 14.9. The number of carbonyl (C=O) groups excluding carboxylic acids is 5. The molecule has 6 heterocycles. The lowest BCUT2D eigenvalue weighted by atomic mass is 9.78. The molecule has 0 saturated carbocycles. The molecule has 1 spiro atoms. The van der Waals surface area contributed by atoms with E-state index >= 15 is 0 Å². The molecule has 2 amide bonds. The number of fused-ring (bicyclic) bond motifs is 4. The average Bonchev–Trinajstić information content (AvgIpc) is 4.04. The number of hydrogen-bond acceptors (Lipinski definition) is 19. The van der Waals surface area contributed by atoms with E-state index in [1.807, 2.05) is 0 Å². The number of allylic oxidation sites excluding steroid dienone is 4. The molecule has 5 N–H and O–H groups in total. The Kier molecular flexibility index (Phi) is 14.5. The molecule has 1 aliphatic carbocycles. The maximum absolute atomic E-state index is 14.9. The standard InChI is InChI=1S/C50H61N7O16/c1-23-11-10-12-24(2)47(65)52-39-38-37(53-50(54-38)14-16-55(17-15-50)33(59)22-69-30-19-56-20-32(57(66)67)51-48(56)70-21-30)34-35(43(39)63)42(62)28(6)45-36(34)46(64)49(8,73-45)71-18-13-31(68-9)25(3)44(72-29(7)58)27(5)41(61)26(4)40(23)60/h10-13,18,20,23,25-27,30-31,40-41,44,54,60-62H,14-17,19,21-22H2,1-9H3,(H,52,65)/b11-10+,18-13+,24-12-/t23-,25+,26+,27+,30-,31-,40-,41+,44+,49-/m0/s1. The highest BCUT2D eigenvalue weighted by Gasteiger charge is 2.55. The van der Waals surface area contributed by atoms with Crippen molar-refractivity contribution in [1.29, 1.82) is 0 Å². The molecule has 1 saturated heterocycles. The molecule has 392 valence electrons. The topological polar surface area (TPSA) is 302 Å². The summed E-state index contributed by atoms with van der Waals surface area (Å²) < 4.78 is 36.8. The highest BCUT2D eigenvalue weighted by Crippen LogP contribution is 2.50. The number of aromatic hydroxyl groups is 1. The number of carbonyl (C=O) groups is 5. The number of benzene rings is 1. The lowest BCUT2D eigenvalue weighted by molar-refractivity contribution is -0.389. The summed E-state index contributed by atoms with van der Waals surface area (Å²) in [6, 6.07) is 0.0807. The summed E-state index contributed by atoms with van der Waals surface area (Å²) in [7, 11) is 1.43. The van der Waals surface area contributed by atoms with E-state index in [0.717, 1.165) is 0 Å². The number of ether oxygens (including phenoxy) is 6. The van der Waals surface area contributed by atoms with Crippen LogP contribution in [0.25, 0.3) is 0 Å². The monoisotopic (exact) mass is 1020 g/mol. The van der Waals surface area contributed by atoms with Crippen molar-refractivity contribution in [3.05, 3.63) is 86.1 Å². The third-order valence-corrected chi connectivity index (χ3v) is 14.8. The van der Waals surface area contributed by atoms with Gasteiger partial charge in [0, 0.05) is 92.2 Å². The van der Waals surface area contributed by atoms with Gasteiger partial charge in [0.15, 0.2) is 0 Å². The molecule has 10 atom stereocenters. The lowest BCUT2D eigenvalue weighted by Crippen LogP contribution is -2.52. The van der Waals surface area contributed by atoms with Gasteiger partial charge in [-0.1, -0.05) is 45.9 Å². The fourth-order valence-corrected chi connectivity index (χ4v) is 10.3. The SMILES string of the molecule is CO[C@H]1/C=C/O[C@@]2(C)Oc3c(C)c(O)c4c(c3C2=O)C2=NC3(CCN(C(=O)CO[C@@H]5COc6nc([N+](=O)[O-])cn6C5)CC3)NC2=C(NC(=O)/C(C)=C\C=C\[C@H](C)[C@H](O)[C@@H](C)[C@@H](O)[C@@H](C)[C@H](OC(C)=O)[C@@H]1C)C4=O. The van der Waals surface area contributed by atoms with E-state index in [9.17, 15) is 49.4 Å². The number of likely N-dealkylation sites (tertiary alicyclic amines) is 1. The van der Waals surface area contributed by atoms with Gasteiger partial charge in [-0.15, -0.1) is 0 Å². The van der Waals surface area contributed by atoms with Crippen LogP contribution in [0.1, 0.15) is 93.2 Å². The molecular formula is C50H61N7O16. The Labute approximate surface area is 420 Å². The number of Topliss-reactive ketones (excluding diaryl/α,β-unsaturated/α-hetero) is 2. The minimum absolute atomic E-state index is 0.0290. The van der Waals surface area contributed by atoms with E-state index < -0.39 is 99.8 Å². The number of esters is 1. The molecule has 1 fully saturated rings. The van der Waals surface area contributed by atoms with Crippen molar-refractivity contribution in [2.24, 2.45) is 28.7 Å². The van der Waals surface area contributed by atoms with Crippen molar-refractivity contribution in [3.63, 3.8) is 0 Å². The van der Waals surface area contributed by atoms with E-state index in [-0.39, 0.29) is 114 Å². The molecule has 5 bridgehead atoms. The van der Waals surface area contributed by atoms with Gasteiger partial charge in [-0.25, -0.2) is 0 Å². The van der Waals surface area contributed by atoms with Gasteiger partial charge >= 0.3 is 23.6 Å². The fourth-order valence-electron chi connectivity index (χ4n) is 10.3. The van der Waals surface area contributed by atoms with Crippen LogP contribution in [-0.4, -0.2) is 145 Å². The van der Waals surface area contributed by atoms with Gasteiger partial charge < -0.3 is 69.4 Å². The zero-order valence-corrected chi connectivity index (χ0v) is 42.0. The molecule has 2 aromatic rings. The van der Waals surface area contributed by atoms with E-state index in [0.29, 0.717) is 0 Å². The average molecular weight is 1020 g/mol. The summed E-state index contributed by atoms with van der Waals surface area (Å²) in [4.78, 5) is 90.9. The van der Waals surface area contributed by atoms with E-state index in [2.05, 4.69) is 15.6 Å². The first-order valence-electron chi connectivity index (χ1n) is 24.1. The van der Waals surface area contributed by atoms with Gasteiger partial charge in [0.05, 0.1) is 53.7 Å². The summed E-state index contributed by atoms with van der Waals surface area (Å²) in [5.74, 6) is -8.81. The zero-order valence-electron chi connectivity index (χ0n) is 42.0. The van der Waals surface area contributed by atoms with Crippen LogP contribution in [0.4, 0.5) is 5.82 Å². The first kappa shape index (κ1) is 52.4. The number of hydrogen-bond donors (Lipinski definition) is 5. The normalized spacial score (nSPS) is 31.6. The van der Waals surface area contributed by atoms with Crippen molar-refractivity contribution >= 4 is 40.9 Å². The van der Waals surface area contributed by atoms with Gasteiger partial charge in [-0.2, -0.15) is 0 Å². The van der Waals surface area contributed by atoms with Crippen molar-refractivity contribution < 1.29 is 72.6 Å². The number of imidazole rings is 1. The van der Waals surface area contributed by atoms with Crippen LogP contribution in [0.5, 0.6) is 17.5 Å². The first-order chi connectivity index (χ1) is 34.5. The summed E-state index contributed by atoms with van der Waals surface area (Å²) >= 11 is 0. The minimum atomic E-state index is -2.07. The number of aliphatic hydroxyl groups excluding tert-OH is 2. The quantitative estimate of drug-likeness (QED) is 0.158. The van der Waals surface area contributed by atoms with Crippen LogP contribution in [0.15, 0.2) is 58.7 Å². The summed E-state index contributed by atoms with van der Waals surface area (Å²) in [6.07, 6.45) is 4.46. The van der Waals surface area contributed by atoms with Crippen LogP contribution >= 0.6 is 0 Å². The van der Waals surface area contributed by atoms with Crippen molar-refractivity contribution in [2.45, 2.75) is 117 Å². The molecule has 73 heavy (non-hydrogen) atoms. The van der Waals surface area contributed by atoms with Crippen LogP contribution < -0.4 is 20.1 Å². The minimum Gasteiger partial charge on any atom is -0.507 e. The Bertz CT molecular complexity index is 2790. The Balaban J connectivity index is 1.13. The highest BCUT2D eigenvalue weighted by atomic mass is 16.7. The number of methoxy groups -OCH3 is 1. The molecule has 23 nitrogen and oxygen atoms in total. The van der Waals surface area contributed by atoms with Gasteiger partial charge in [0.1, 0.15) is 54.5 Å². The van der Waals surface area contributed by atoms with Gasteiger partial charge in [-0.3, -0.25) is 33.5 Å². The van der Waals surface area contributed by atoms with Crippen LogP contribution in [0.3, 0.4) is 0 Å². The van der Waals surface area contributed by atoms with Crippen LogP contribution in [0.2, 0.25) is 0 Å². The Morgan fingerprint density at radius 2 is 1.71 bits per heavy atom. The van der Waals surface area contributed by atoms with E-state index in [4.69, 9.17) is 33.4 Å².